The predicted octanol–water partition coefficient (Wildman–Crippen LogP) is 4.27. The van der Waals surface area contributed by atoms with Crippen molar-refractivity contribution in [3.05, 3.63) is 64.9 Å². The van der Waals surface area contributed by atoms with E-state index in [1.807, 2.05) is 18.2 Å². The molecule has 0 amide bonds. The van der Waals surface area contributed by atoms with Gasteiger partial charge in [-0.25, -0.2) is 4.39 Å². The number of benzene rings is 2. The molecular formula is C13H9ClFNS. The second-order valence-corrected chi connectivity index (χ2v) is 4.26. The summed E-state index contributed by atoms with van der Waals surface area (Å²) in [5.74, 6) is -0.314. The minimum Gasteiger partial charge on any atom is -0.345 e. The fourth-order valence-electron chi connectivity index (χ4n) is 1.39. The molecule has 0 aliphatic rings. The van der Waals surface area contributed by atoms with Crippen molar-refractivity contribution in [2.24, 2.45) is 0 Å². The Morgan fingerprint density at radius 2 is 1.88 bits per heavy atom. The maximum atomic E-state index is 13.0. The topological polar surface area (TPSA) is 12.0 Å². The molecule has 0 bridgehead atoms. The van der Waals surface area contributed by atoms with E-state index in [2.05, 4.69) is 5.32 Å². The number of hydrogen-bond donors (Lipinski definition) is 1. The molecule has 0 saturated heterocycles. The number of para-hydroxylation sites is 1. The molecule has 0 aliphatic heterocycles. The van der Waals surface area contributed by atoms with E-state index in [0.29, 0.717) is 21.3 Å². The quantitative estimate of drug-likeness (QED) is 0.814. The highest BCUT2D eigenvalue weighted by Crippen LogP contribution is 2.21. The number of anilines is 1. The molecule has 2 aromatic carbocycles. The van der Waals surface area contributed by atoms with Gasteiger partial charge in [0.05, 0.1) is 10.7 Å². The van der Waals surface area contributed by atoms with Gasteiger partial charge in [0.2, 0.25) is 0 Å². The first-order valence-corrected chi connectivity index (χ1v) is 5.77. The number of halogens is 2. The molecule has 0 radical (unpaired) electrons. The van der Waals surface area contributed by atoms with E-state index in [9.17, 15) is 4.39 Å². The Bertz CT molecular complexity index is 557. The van der Waals surface area contributed by atoms with E-state index in [0.717, 1.165) is 0 Å². The summed E-state index contributed by atoms with van der Waals surface area (Å²) in [6.07, 6.45) is 0. The largest absolute Gasteiger partial charge is 0.345 e. The van der Waals surface area contributed by atoms with E-state index in [1.165, 1.54) is 12.1 Å². The van der Waals surface area contributed by atoms with Gasteiger partial charge >= 0.3 is 0 Å². The normalized spacial score (nSPS) is 10.0. The zero-order valence-corrected chi connectivity index (χ0v) is 10.4. The minimum atomic E-state index is -0.314. The van der Waals surface area contributed by atoms with Crippen LogP contribution in [0.3, 0.4) is 0 Å². The van der Waals surface area contributed by atoms with Crippen LogP contribution in [-0.2, 0) is 0 Å². The third kappa shape index (κ3) is 3.02. The van der Waals surface area contributed by atoms with E-state index in [4.69, 9.17) is 23.8 Å². The Balaban J connectivity index is 2.20. The standard InChI is InChI=1S/C13H9ClFNS/c14-11-6-1-2-7-12(11)16-13(17)9-4-3-5-10(15)8-9/h1-8H,(H,16,17). The van der Waals surface area contributed by atoms with Gasteiger partial charge in [0.15, 0.2) is 0 Å². The summed E-state index contributed by atoms with van der Waals surface area (Å²) in [6.45, 7) is 0. The van der Waals surface area contributed by atoms with Crippen molar-refractivity contribution >= 4 is 34.5 Å². The number of thiocarbonyl (C=S) groups is 1. The van der Waals surface area contributed by atoms with Gasteiger partial charge in [-0.3, -0.25) is 0 Å². The van der Waals surface area contributed by atoms with Crippen molar-refractivity contribution in [1.82, 2.24) is 0 Å². The molecular weight excluding hydrogens is 257 g/mol. The summed E-state index contributed by atoms with van der Waals surface area (Å²) >= 11 is 11.2. The summed E-state index contributed by atoms with van der Waals surface area (Å²) in [5.41, 5.74) is 1.34. The molecule has 4 heteroatoms. The van der Waals surface area contributed by atoms with Gasteiger partial charge in [-0.1, -0.05) is 48.1 Å². The summed E-state index contributed by atoms with van der Waals surface area (Å²) in [4.78, 5) is 0.442. The van der Waals surface area contributed by atoms with E-state index in [-0.39, 0.29) is 5.82 Å². The Morgan fingerprint density at radius 3 is 2.59 bits per heavy atom. The number of rotatable bonds is 2. The predicted molar refractivity (Wildman–Crippen MR) is 73.2 cm³/mol. The van der Waals surface area contributed by atoms with Crippen LogP contribution in [0.4, 0.5) is 10.1 Å². The van der Waals surface area contributed by atoms with Crippen LogP contribution >= 0.6 is 23.8 Å². The molecule has 0 spiro atoms. The van der Waals surface area contributed by atoms with Gasteiger partial charge in [-0.15, -0.1) is 0 Å². The van der Waals surface area contributed by atoms with Crippen LogP contribution in [0, 0.1) is 5.82 Å². The highest BCUT2D eigenvalue weighted by atomic mass is 35.5. The van der Waals surface area contributed by atoms with Crippen LogP contribution in [0.5, 0.6) is 0 Å². The molecule has 86 valence electrons. The average Bonchev–Trinajstić information content (AvgIpc) is 2.32. The van der Waals surface area contributed by atoms with Crippen LogP contribution in [0.25, 0.3) is 0 Å². The van der Waals surface area contributed by atoms with Gasteiger partial charge in [0.25, 0.3) is 0 Å². The lowest BCUT2D eigenvalue weighted by Crippen LogP contribution is -2.10. The van der Waals surface area contributed by atoms with Crippen molar-refractivity contribution in [1.29, 1.82) is 0 Å². The van der Waals surface area contributed by atoms with E-state index < -0.39 is 0 Å². The molecule has 2 rings (SSSR count). The summed E-state index contributed by atoms with van der Waals surface area (Å²) in [6, 6.07) is 13.4. The van der Waals surface area contributed by atoms with Crippen molar-refractivity contribution in [3.63, 3.8) is 0 Å². The van der Waals surface area contributed by atoms with Gasteiger partial charge in [0.1, 0.15) is 10.8 Å². The molecule has 0 unspecified atom stereocenters. The Kier molecular flexibility index (Phi) is 3.71. The van der Waals surface area contributed by atoms with Crippen LogP contribution in [0.15, 0.2) is 48.5 Å². The zero-order valence-electron chi connectivity index (χ0n) is 8.78. The highest BCUT2D eigenvalue weighted by Gasteiger charge is 2.04. The van der Waals surface area contributed by atoms with Gasteiger partial charge in [-0.2, -0.15) is 0 Å². The van der Waals surface area contributed by atoms with E-state index >= 15 is 0 Å². The van der Waals surface area contributed by atoms with Crippen molar-refractivity contribution < 1.29 is 4.39 Å². The SMILES string of the molecule is Fc1cccc(C(=S)Nc2ccccc2Cl)c1. The summed E-state index contributed by atoms with van der Waals surface area (Å²) in [5, 5.41) is 3.56. The lowest BCUT2D eigenvalue weighted by molar-refractivity contribution is 0.627. The average molecular weight is 266 g/mol. The van der Waals surface area contributed by atoms with Gasteiger partial charge in [-0.05, 0) is 24.3 Å². The molecule has 0 heterocycles. The van der Waals surface area contributed by atoms with Crippen molar-refractivity contribution in [3.8, 4) is 0 Å². The molecule has 0 saturated carbocycles. The lowest BCUT2D eigenvalue weighted by Gasteiger charge is -2.09. The zero-order chi connectivity index (χ0) is 12.3. The van der Waals surface area contributed by atoms with Crippen molar-refractivity contribution in [2.45, 2.75) is 0 Å². The smallest absolute Gasteiger partial charge is 0.123 e. The fourth-order valence-corrected chi connectivity index (χ4v) is 1.81. The Hall–Kier alpha value is -1.45. The van der Waals surface area contributed by atoms with E-state index in [1.54, 1.807) is 18.2 Å². The highest BCUT2D eigenvalue weighted by molar-refractivity contribution is 7.81. The molecule has 17 heavy (non-hydrogen) atoms. The fraction of sp³-hybridized carbons (Fsp3) is 0. The van der Waals surface area contributed by atoms with Crippen LogP contribution in [0.2, 0.25) is 5.02 Å². The molecule has 1 N–H and O–H groups in total. The molecule has 1 nitrogen and oxygen atoms in total. The van der Waals surface area contributed by atoms with Gasteiger partial charge < -0.3 is 5.32 Å². The third-order valence-corrected chi connectivity index (χ3v) is 2.88. The first-order chi connectivity index (χ1) is 8.16. The van der Waals surface area contributed by atoms with Crippen LogP contribution in [0.1, 0.15) is 5.56 Å². The third-order valence-electron chi connectivity index (χ3n) is 2.21. The molecule has 0 aliphatic carbocycles. The number of nitrogens with one attached hydrogen (secondary N) is 1. The summed E-state index contributed by atoms with van der Waals surface area (Å²) < 4.78 is 13.0. The van der Waals surface area contributed by atoms with Crippen LogP contribution < -0.4 is 5.32 Å². The molecule has 0 aromatic heterocycles. The maximum Gasteiger partial charge on any atom is 0.123 e. The Labute approximate surface area is 109 Å². The minimum absolute atomic E-state index is 0.314. The second-order valence-electron chi connectivity index (χ2n) is 3.44. The lowest BCUT2D eigenvalue weighted by atomic mass is 10.2. The van der Waals surface area contributed by atoms with Crippen LogP contribution in [-0.4, -0.2) is 4.99 Å². The summed E-state index contributed by atoms with van der Waals surface area (Å²) in [7, 11) is 0. The van der Waals surface area contributed by atoms with Crippen molar-refractivity contribution in [2.75, 3.05) is 5.32 Å². The van der Waals surface area contributed by atoms with Gasteiger partial charge in [0, 0.05) is 5.56 Å². The second kappa shape index (κ2) is 5.25. The molecule has 0 fully saturated rings. The number of hydrogen-bond acceptors (Lipinski definition) is 1. The Morgan fingerprint density at radius 1 is 1.12 bits per heavy atom. The first kappa shape index (κ1) is 12.0. The monoisotopic (exact) mass is 265 g/mol. The molecule has 2 aromatic rings. The first-order valence-electron chi connectivity index (χ1n) is 4.98. The maximum absolute atomic E-state index is 13.0. The molecule has 0 atom stereocenters.